The Labute approximate surface area is 128 Å². The molecule has 0 saturated heterocycles. The third kappa shape index (κ3) is 2.57. The van der Waals surface area contributed by atoms with Gasteiger partial charge in [-0.25, -0.2) is 9.37 Å². The van der Waals surface area contributed by atoms with Crippen LogP contribution in [-0.2, 0) is 0 Å². The summed E-state index contributed by atoms with van der Waals surface area (Å²) in [5.74, 6) is 0.112. The number of aromatic nitrogens is 2. The number of aryl methyl sites for hydroxylation is 1. The summed E-state index contributed by atoms with van der Waals surface area (Å²) in [5.41, 5.74) is 0.635. The molecular weight excluding hydrogens is 320 g/mol. The molecule has 1 aromatic carbocycles. The standard InChI is InChI=1S/C13H8Cl2FN3S/c1-6-4-8-11(18-13(15)19-12(8)20-6)17-7-2-3-10(16)9(14)5-7/h2-5H,1H3,(H,17,18,19). The molecule has 0 amide bonds. The summed E-state index contributed by atoms with van der Waals surface area (Å²) < 4.78 is 13.2. The van der Waals surface area contributed by atoms with Crippen molar-refractivity contribution in [1.29, 1.82) is 0 Å². The minimum absolute atomic E-state index is 0.0490. The van der Waals surface area contributed by atoms with Gasteiger partial charge in [0.05, 0.1) is 10.4 Å². The van der Waals surface area contributed by atoms with E-state index in [0.717, 1.165) is 15.1 Å². The molecule has 0 aliphatic rings. The molecule has 2 aromatic heterocycles. The van der Waals surface area contributed by atoms with Crippen LogP contribution in [0.25, 0.3) is 10.2 Å². The first-order chi connectivity index (χ1) is 9.52. The minimum Gasteiger partial charge on any atom is -0.339 e. The molecule has 0 aliphatic carbocycles. The molecule has 0 aliphatic heterocycles. The van der Waals surface area contributed by atoms with Gasteiger partial charge in [0.15, 0.2) is 0 Å². The summed E-state index contributed by atoms with van der Waals surface area (Å²) >= 11 is 13.2. The van der Waals surface area contributed by atoms with Crippen LogP contribution in [0.15, 0.2) is 24.3 Å². The Balaban J connectivity index is 2.07. The maximum atomic E-state index is 13.2. The van der Waals surface area contributed by atoms with E-state index < -0.39 is 5.82 Å². The van der Waals surface area contributed by atoms with E-state index in [4.69, 9.17) is 23.2 Å². The maximum absolute atomic E-state index is 13.2. The van der Waals surface area contributed by atoms with Crippen LogP contribution in [0.1, 0.15) is 4.88 Å². The van der Waals surface area contributed by atoms with Gasteiger partial charge in [0.25, 0.3) is 0 Å². The number of thiophene rings is 1. The monoisotopic (exact) mass is 327 g/mol. The first-order valence-electron chi connectivity index (χ1n) is 5.69. The molecule has 2 heterocycles. The van der Waals surface area contributed by atoms with Gasteiger partial charge in [-0.1, -0.05) is 11.6 Å². The van der Waals surface area contributed by atoms with Crippen molar-refractivity contribution in [3.05, 3.63) is 45.3 Å². The summed E-state index contributed by atoms with van der Waals surface area (Å²) in [6.07, 6.45) is 0. The van der Waals surface area contributed by atoms with E-state index in [1.807, 2.05) is 13.0 Å². The van der Waals surface area contributed by atoms with Crippen LogP contribution in [0.4, 0.5) is 15.9 Å². The molecule has 0 spiro atoms. The van der Waals surface area contributed by atoms with E-state index in [1.165, 1.54) is 23.5 Å². The first-order valence-corrected chi connectivity index (χ1v) is 7.26. The van der Waals surface area contributed by atoms with Crippen LogP contribution < -0.4 is 5.32 Å². The van der Waals surface area contributed by atoms with Crippen LogP contribution in [-0.4, -0.2) is 9.97 Å². The number of anilines is 2. The van der Waals surface area contributed by atoms with Crippen molar-refractivity contribution < 1.29 is 4.39 Å². The van der Waals surface area contributed by atoms with Crippen molar-refractivity contribution in [3.8, 4) is 0 Å². The summed E-state index contributed by atoms with van der Waals surface area (Å²) in [5, 5.41) is 4.17. The SMILES string of the molecule is Cc1cc2c(Nc3ccc(F)c(Cl)c3)nc(Cl)nc2s1. The number of benzene rings is 1. The van der Waals surface area contributed by atoms with Gasteiger partial charge in [0.2, 0.25) is 5.28 Å². The Bertz CT molecular complexity index is 804. The molecule has 3 rings (SSSR count). The fourth-order valence-corrected chi connectivity index (χ4v) is 3.10. The molecule has 20 heavy (non-hydrogen) atoms. The predicted molar refractivity (Wildman–Crippen MR) is 81.9 cm³/mol. The fourth-order valence-electron chi connectivity index (χ4n) is 1.82. The van der Waals surface area contributed by atoms with Crippen molar-refractivity contribution in [2.45, 2.75) is 6.92 Å². The van der Waals surface area contributed by atoms with Crippen molar-refractivity contribution in [2.24, 2.45) is 0 Å². The number of hydrogen-bond donors (Lipinski definition) is 1. The zero-order valence-corrected chi connectivity index (χ0v) is 12.6. The van der Waals surface area contributed by atoms with Gasteiger partial charge in [0, 0.05) is 10.6 Å². The van der Waals surface area contributed by atoms with E-state index in [-0.39, 0.29) is 10.3 Å². The summed E-state index contributed by atoms with van der Waals surface area (Å²) in [6.45, 7) is 1.98. The summed E-state index contributed by atoms with van der Waals surface area (Å²) in [7, 11) is 0. The highest BCUT2D eigenvalue weighted by Crippen LogP contribution is 2.31. The Morgan fingerprint density at radius 2 is 2.00 bits per heavy atom. The number of hydrogen-bond acceptors (Lipinski definition) is 4. The molecule has 1 N–H and O–H groups in total. The predicted octanol–water partition coefficient (Wildman–Crippen LogP) is 5.19. The van der Waals surface area contributed by atoms with Gasteiger partial charge < -0.3 is 5.32 Å². The Morgan fingerprint density at radius 1 is 1.20 bits per heavy atom. The van der Waals surface area contributed by atoms with E-state index in [2.05, 4.69) is 15.3 Å². The van der Waals surface area contributed by atoms with Crippen molar-refractivity contribution in [2.75, 3.05) is 5.32 Å². The highest BCUT2D eigenvalue weighted by molar-refractivity contribution is 7.18. The molecule has 0 bridgehead atoms. The van der Waals surface area contributed by atoms with Crippen LogP contribution in [0, 0.1) is 12.7 Å². The molecule has 0 radical (unpaired) electrons. The number of halogens is 3. The molecule has 3 nitrogen and oxygen atoms in total. The average Bonchev–Trinajstić information content (AvgIpc) is 2.74. The second kappa shape index (κ2) is 5.16. The topological polar surface area (TPSA) is 37.8 Å². The van der Waals surface area contributed by atoms with E-state index in [9.17, 15) is 4.39 Å². The van der Waals surface area contributed by atoms with Gasteiger partial charge in [-0.3, -0.25) is 0 Å². The quantitative estimate of drug-likeness (QED) is 0.658. The van der Waals surface area contributed by atoms with Gasteiger partial charge in [-0.05, 0) is 42.8 Å². The molecule has 7 heteroatoms. The lowest BCUT2D eigenvalue weighted by molar-refractivity contribution is 0.628. The van der Waals surface area contributed by atoms with E-state index in [0.29, 0.717) is 11.5 Å². The number of nitrogens with one attached hydrogen (secondary N) is 1. The highest BCUT2D eigenvalue weighted by Gasteiger charge is 2.10. The molecule has 0 saturated carbocycles. The normalized spacial score (nSPS) is 11.0. The molecule has 0 unspecified atom stereocenters. The fraction of sp³-hybridized carbons (Fsp3) is 0.0769. The van der Waals surface area contributed by atoms with Crippen molar-refractivity contribution in [3.63, 3.8) is 0 Å². The van der Waals surface area contributed by atoms with Gasteiger partial charge in [-0.2, -0.15) is 4.98 Å². The maximum Gasteiger partial charge on any atom is 0.225 e. The largest absolute Gasteiger partial charge is 0.339 e. The highest BCUT2D eigenvalue weighted by atomic mass is 35.5. The Hall–Kier alpha value is -1.43. The molecule has 102 valence electrons. The first kappa shape index (κ1) is 13.5. The zero-order chi connectivity index (χ0) is 14.3. The lowest BCUT2D eigenvalue weighted by atomic mass is 10.3. The smallest absolute Gasteiger partial charge is 0.225 e. The lowest BCUT2D eigenvalue weighted by Crippen LogP contribution is -1.96. The number of fused-ring (bicyclic) bond motifs is 1. The molecule has 0 atom stereocenters. The van der Waals surface area contributed by atoms with Crippen LogP contribution >= 0.6 is 34.5 Å². The third-order valence-electron chi connectivity index (χ3n) is 2.67. The number of nitrogens with zero attached hydrogens (tertiary/aromatic N) is 2. The van der Waals surface area contributed by atoms with E-state index in [1.54, 1.807) is 6.07 Å². The zero-order valence-electron chi connectivity index (χ0n) is 10.2. The molecule has 3 aromatic rings. The minimum atomic E-state index is -0.463. The second-order valence-corrected chi connectivity index (χ2v) is 6.15. The van der Waals surface area contributed by atoms with Gasteiger partial charge >= 0.3 is 0 Å². The Morgan fingerprint density at radius 3 is 2.75 bits per heavy atom. The average molecular weight is 328 g/mol. The molecule has 0 fully saturated rings. The van der Waals surface area contributed by atoms with E-state index >= 15 is 0 Å². The Kier molecular flexibility index (Phi) is 3.50. The van der Waals surface area contributed by atoms with Crippen molar-refractivity contribution >= 4 is 56.3 Å². The van der Waals surface area contributed by atoms with Gasteiger partial charge in [-0.15, -0.1) is 11.3 Å². The summed E-state index contributed by atoms with van der Waals surface area (Å²) in [6, 6.07) is 6.35. The van der Waals surface area contributed by atoms with Crippen LogP contribution in [0.2, 0.25) is 10.3 Å². The lowest BCUT2D eigenvalue weighted by Gasteiger charge is -2.07. The van der Waals surface area contributed by atoms with Gasteiger partial charge in [0.1, 0.15) is 16.5 Å². The third-order valence-corrected chi connectivity index (χ3v) is 4.07. The molecular formula is C13H8Cl2FN3S. The second-order valence-electron chi connectivity index (χ2n) is 4.17. The summed E-state index contributed by atoms with van der Waals surface area (Å²) in [4.78, 5) is 10.3. The van der Waals surface area contributed by atoms with Crippen LogP contribution in [0.3, 0.4) is 0 Å². The van der Waals surface area contributed by atoms with Crippen LogP contribution in [0.5, 0.6) is 0 Å². The number of rotatable bonds is 2. The van der Waals surface area contributed by atoms with Crippen molar-refractivity contribution in [1.82, 2.24) is 9.97 Å².